The van der Waals surface area contributed by atoms with Gasteiger partial charge < -0.3 is 9.84 Å². The minimum atomic E-state index is -0.941. The molecule has 0 radical (unpaired) electrons. The molecule has 0 bridgehead atoms. The fraction of sp³-hybridized carbons (Fsp3) is 0.158. The Morgan fingerprint density at radius 3 is 2.62 bits per heavy atom. The summed E-state index contributed by atoms with van der Waals surface area (Å²) in [6.45, 7) is 0.943. The first-order valence-corrected chi connectivity index (χ1v) is 7.61. The topological polar surface area (TPSA) is 66.8 Å². The van der Waals surface area contributed by atoms with Crippen LogP contribution in [0, 0.1) is 0 Å². The lowest BCUT2D eigenvalue weighted by Crippen LogP contribution is -2.22. The predicted octanol–water partition coefficient (Wildman–Crippen LogP) is 3.44. The van der Waals surface area contributed by atoms with Crippen molar-refractivity contribution < 1.29 is 19.4 Å². The van der Waals surface area contributed by atoms with Crippen molar-refractivity contribution in [3.63, 3.8) is 0 Å². The van der Waals surface area contributed by atoms with Crippen LogP contribution < -0.4 is 0 Å². The molecule has 0 unspecified atom stereocenters. The van der Waals surface area contributed by atoms with Crippen LogP contribution in [0.15, 0.2) is 54.6 Å². The number of rotatable bonds is 4. The molecule has 1 aliphatic rings. The summed E-state index contributed by atoms with van der Waals surface area (Å²) in [6.07, 6.45) is 2.11. The second-order valence-corrected chi connectivity index (χ2v) is 5.55. The molecule has 1 aliphatic heterocycles. The second-order valence-electron chi connectivity index (χ2n) is 5.55. The van der Waals surface area contributed by atoms with E-state index in [1.54, 1.807) is 6.08 Å². The Hall–Kier alpha value is -3.08. The Morgan fingerprint density at radius 1 is 1.08 bits per heavy atom. The maximum atomic E-state index is 11.8. The first-order chi connectivity index (χ1) is 11.6. The van der Waals surface area contributed by atoms with Gasteiger partial charge in [0.05, 0.1) is 6.54 Å². The average molecular weight is 323 g/mol. The number of carbonyl (C=O) groups excluding carboxylic acids is 1. The van der Waals surface area contributed by atoms with Gasteiger partial charge >= 0.3 is 12.1 Å². The molecule has 1 N–H and O–H groups in total. The fourth-order valence-corrected chi connectivity index (χ4v) is 2.67. The first kappa shape index (κ1) is 15.8. The second kappa shape index (κ2) is 7.00. The van der Waals surface area contributed by atoms with Crippen molar-refractivity contribution in [1.82, 2.24) is 4.90 Å². The lowest BCUT2D eigenvalue weighted by Gasteiger charge is -2.09. The summed E-state index contributed by atoms with van der Waals surface area (Å²) in [6, 6.07) is 15.1. The maximum Gasteiger partial charge on any atom is 0.407 e. The number of hydrogen-bond donors (Lipinski definition) is 1. The number of amides is 1. The Kier molecular flexibility index (Phi) is 4.61. The van der Waals surface area contributed by atoms with Crippen LogP contribution in [0.4, 0.5) is 4.79 Å². The zero-order valence-electron chi connectivity index (χ0n) is 13.0. The van der Waals surface area contributed by atoms with Gasteiger partial charge in [-0.3, -0.25) is 4.90 Å². The molecule has 0 saturated heterocycles. The van der Waals surface area contributed by atoms with Crippen LogP contribution in [0.1, 0.15) is 22.3 Å². The van der Waals surface area contributed by atoms with Gasteiger partial charge in [0.2, 0.25) is 0 Å². The molecular weight excluding hydrogens is 306 g/mol. The summed E-state index contributed by atoms with van der Waals surface area (Å²) < 4.78 is 5.20. The number of nitrogens with zero attached hydrogens (tertiary/aromatic N) is 1. The molecule has 1 heterocycles. The van der Waals surface area contributed by atoms with Crippen molar-refractivity contribution in [2.24, 2.45) is 0 Å². The molecule has 2 aromatic carbocycles. The van der Waals surface area contributed by atoms with Crippen molar-refractivity contribution in [3.05, 3.63) is 76.9 Å². The summed E-state index contributed by atoms with van der Waals surface area (Å²) in [4.78, 5) is 24.3. The Morgan fingerprint density at radius 2 is 1.88 bits per heavy atom. The lowest BCUT2D eigenvalue weighted by molar-refractivity contribution is -0.138. The third-order valence-electron chi connectivity index (χ3n) is 3.91. The summed E-state index contributed by atoms with van der Waals surface area (Å²) in [5.41, 5.74) is 3.68. The number of carboxylic acid groups (broad SMARTS) is 1. The number of fused-ring (bicyclic) bond motifs is 1. The molecule has 0 aromatic heterocycles. The molecule has 0 aliphatic carbocycles. The quantitative estimate of drug-likeness (QED) is 0.691. The van der Waals surface area contributed by atoms with Gasteiger partial charge in [0.1, 0.15) is 6.61 Å². The minimum Gasteiger partial charge on any atom is -0.465 e. The van der Waals surface area contributed by atoms with Crippen LogP contribution in [0.5, 0.6) is 0 Å². The van der Waals surface area contributed by atoms with Gasteiger partial charge in [-0.25, -0.2) is 9.59 Å². The standard InChI is InChI=1S/C19H17NO4/c21-18(24-13-14-5-2-1-3-6-14)10-9-15-7-4-8-16-11-20(19(22)23)12-17(15)16/h1-10H,11-13H2,(H,22,23)/b10-9+. The van der Waals surface area contributed by atoms with Gasteiger partial charge in [-0.05, 0) is 28.3 Å². The van der Waals surface area contributed by atoms with E-state index in [0.29, 0.717) is 13.1 Å². The fourth-order valence-electron chi connectivity index (χ4n) is 2.67. The molecule has 3 rings (SSSR count). The highest BCUT2D eigenvalue weighted by atomic mass is 16.5. The van der Waals surface area contributed by atoms with Crippen molar-refractivity contribution in [3.8, 4) is 0 Å². The molecule has 5 heteroatoms. The van der Waals surface area contributed by atoms with Gasteiger partial charge in [0, 0.05) is 12.6 Å². The zero-order chi connectivity index (χ0) is 16.9. The van der Waals surface area contributed by atoms with E-state index in [1.165, 1.54) is 11.0 Å². The number of carbonyl (C=O) groups is 2. The summed E-state index contributed by atoms with van der Waals surface area (Å²) in [7, 11) is 0. The van der Waals surface area contributed by atoms with Crippen LogP contribution in [-0.2, 0) is 29.2 Å². The Labute approximate surface area is 139 Å². The summed E-state index contributed by atoms with van der Waals surface area (Å²) >= 11 is 0. The van der Waals surface area contributed by atoms with Gasteiger partial charge in [0.15, 0.2) is 0 Å². The van der Waals surface area contributed by atoms with Crippen molar-refractivity contribution in [2.75, 3.05) is 0 Å². The SMILES string of the molecule is O=C(/C=C/c1cccc2c1CN(C(=O)O)C2)OCc1ccccc1. The number of hydrogen-bond acceptors (Lipinski definition) is 3. The number of ether oxygens (including phenoxy) is 1. The highest BCUT2D eigenvalue weighted by molar-refractivity contribution is 5.87. The van der Waals surface area contributed by atoms with E-state index >= 15 is 0 Å². The molecule has 122 valence electrons. The molecule has 0 spiro atoms. The van der Waals surface area contributed by atoms with E-state index in [-0.39, 0.29) is 6.61 Å². The lowest BCUT2D eigenvalue weighted by atomic mass is 10.0. The van der Waals surface area contributed by atoms with Gasteiger partial charge in [-0.1, -0.05) is 48.5 Å². The van der Waals surface area contributed by atoms with E-state index in [4.69, 9.17) is 9.84 Å². The highest BCUT2D eigenvalue weighted by Crippen LogP contribution is 2.26. The Bertz CT molecular complexity index is 783. The Balaban J connectivity index is 1.64. The zero-order valence-corrected chi connectivity index (χ0v) is 13.0. The molecule has 0 fully saturated rings. The molecule has 24 heavy (non-hydrogen) atoms. The van der Waals surface area contributed by atoms with Crippen molar-refractivity contribution >= 4 is 18.1 Å². The third kappa shape index (κ3) is 3.63. The molecule has 5 nitrogen and oxygen atoms in total. The van der Waals surface area contributed by atoms with Gasteiger partial charge in [-0.2, -0.15) is 0 Å². The highest BCUT2D eigenvalue weighted by Gasteiger charge is 2.24. The number of esters is 1. The minimum absolute atomic E-state index is 0.226. The van der Waals surface area contributed by atoms with E-state index in [9.17, 15) is 9.59 Å². The summed E-state index contributed by atoms with van der Waals surface area (Å²) in [5.74, 6) is -0.426. The summed E-state index contributed by atoms with van der Waals surface area (Å²) in [5, 5.41) is 9.11. The maximum absolute atomic E-state index is 11.8. The van der Waals surface area contributed by atoms with Gasteiger partial charge in [0.25, 0.3) is 0 Å². The molecule has 0 saturated carbocycles. The van der Waals surface area contributed by atoms with Crippen LogP contribution in [0.3, 0.4) is 0 Å². The first-order valence-electron chi connectivity index (χ1n) is 7.61. The number of benzene rings is 2. The molecule has 1 amide bonds. The van der Waals surface area contributed by atoms with Crippen molar-refractivity contribution in [1.29, 1.82) is 0 Å². The smallest absolute Gasteiger partial charge is 0.407 e. The van der Waals surface area contributed by atoms with E-state index < -0.39 is 12.1 Å². The normalized spacial score (nSPS) is 13.1. The predicted molar refractivity (Wildman–Crippen MR) is 89.0 cm³/mol. The largest absolute Gasteiger partial charge is 0.465 e. The van der Waals surface area contributed by atoms with Gasteiger partial charge in [-0.15, -0.1) is 0 Å². The molecular formula is C19H17NO4. The average Bonchev–Trinajstić information content (AvgIpc) is 3.04. The molecule has 2 aromatic rings. The van der Waals surface area contributed by atoms with E-state index in [2.05, 4.69) is 0 Å². The van der Waals surface area contributed by atoms with Crippen molar-refractivity contribution in [2.45, 2.75) is 19.7 Å². The monoisotopic (exact) mass is 323 g/mol. The van der Waals surface area contributed by atoms with Crippen LogP contribution in [0.2, 0.25) is 0 Å². The van der Waals surface area contributed by atoms with E-state index in [1.807, 2.05) is 48.5 Å². The third-order valence-corrected chi connectivity index (χ3v) is 3.91. The van der Waals surface area contributed by atoms with Crippen LogP contribution in [0.25, 0.3) is 6.08 Å². The van der Waals surface area contributed by atoms with Crippen LogP contribution in [-0.4, -0.2) is 22.1 Å². The molecule has 0 atom stereocenters. The van der Waals surface area contributed by atoms with Crippen LogP contribution >= 0.6 is 0 Å². The van der Waals surface area contributed by atoms with E-state index in [0.717, 1.165) is 22.3 Å².